The van der Waals surface area contributed by atoms with Crippen molar-refractivity contribution in [1.29, 1.82) is 0 Å². The smallest absolute Gasteiger partial charge is 0.256 e. The second-order valence-corrected chi connectivity index (χ2v) is 6.04. The van der Waals surface area contributed by atoms with Gasteiger partial charge in [0.25, 0.3) is 5.91 Å². The van der Waals surface area contributed by atoms with Crippen LogP contribution >= 0.6 is 24.0 Å². The minimum Gasteiger partial charge on any atom is -0.351 e. The van der Waals surface area contributed by atoms with E-state index in [1.165, 1.54) is 0 Å². The summed E-state index contributed by atoms with van der Waals surface area (Å²) in [6.07, 6.45) is 1.62. The molecule has 0 atom stereocenters. The van der Waals surface area contributed by atoms with Gasteiger partial charge in [-0.3, -0.25) is 9.59 Å². The molecule has 2 aromatic rings. The van der Waals surface area contributed by atoms with Gasteiger partial charge < -0.3 is 14.8 Å². The summed E-state index contributed by atoms with van der Waals surface area (Å²) in [7, 11) is 0. The highest BCUT2D eigenvalue weighted by Crippen LogP contribution is 2.17. The van der Waals surface area contributed by atoms with E-state index in [1.54, 1.807) is 24.4 Å². The third kappa shape index (κ3) is 4.97. The molecular formula is C18H25Cl2N3O2. The Kier molecular flexibility index (Phi) is 8.42. The van der Waals surface area contributed by atoms with Crippen LogP contribution in [-0.2, 0) is 6.54 Å². The number of nitrogens with zero attached hydrogens (tertiary/aromatic N) is 2. The molecule has 138 valence electrons. The minimum atomic E-state index is -0.328. The Labute approximate surface area is 159 Å². The molecule has 1 aromatic carbocycles. The molecule has 0 aliphatic carbocycles. The van der Waals surface area contributed by atoms with Gasteiger partial charge in [0.2, 0.25) is 5.43 Å². The molecule has 1 N–H and O–H groups in total. The van der Waals surface area contributed by atoms with Crippen LogP contribution in [0.5, 0.6) is 0 Å². The van der Waals surface area contributed by atoms with Gasteiger partial charge in [0.05, 0.1) is 5.52 Å². The SMILES string of the molecule is CCN(CC)CCNC(=O)c1cn(CC)c2cc(Cl)ccc2c1=O.Cl. The van der Waals surface area contributed by atoms with Gasteiger partial charge >= 0.3 is 0 Å². The third-order valence-electron chi connectivity index (χ3n) is 4.24. The van der Waals surface area contributed by atoms with Crippen molar-refractivity contribution in [1.82, 2.24) is 14.8 Å². The normalized spacial score (nSPS) is 10.8. The number of hydrogen-bond donors (Lipinski definition) is 1. The van der Waals surface area contributed by atoms with E-state index in [1.807, 2.05) is 11.5 Å². The third-order valence-corrected chi connectivity index (χ3v) is 4.47. The Morgan fingerprint density at radius 1 is 1.24 bits per heavy atom. The molecule has 0 aliphatic rings. The van der Waals surface area contributed by atoms with E-state index in [-0.39, 0.29) is 29.3 Å². The molecule has 0 unspecified atom stereocenters. The van der Waals surface area contributed by atoms with Crippen LogP contribution in [0.25, 0.3) is 10.9 Å². The first-order valence-electron chi connectivity index (χ1n) is 8.35. The predicted octanol–water partition coefficient (Wildman–Crippen LogP) is 3.17. The summed E-state index contributed by atoms with van der Waals surface area (Å²) in [4.78, 5) is 27.3. The van der Waals surface area contributed by atoms with E-state index in [0.29, 0.717) is 23.5 Å². The zero-order valence-corrected chi connectivity index (χ0v) is 16.4. The van der Waals surface area contributed by atoms with Gasteiger partial charge in [-0.15, -0.1) is 12.4 Å². The first kappa shape index (κ1) is 21.5. The molecule has 2 rings (SSSR count). The number of halogens is 2. The number of fused-ring (bicyclic) bond motifs is 1. The molecule has 5 nitrogen and oxygen atoms in total. The molecule has 0 saturated carbocycles. The average molecular weight is 386 g/mol. The number of aryl methyl sites for hydroxylation is 1. The summed E-state index contributed by atoms with van der Waals surface area (Å²) < 4.78 is 1.88. The maximum absolute atomic E-state index is 12.6. The first-order chi connectivity index (χ1) is 11.5. The molecule has 0 spiro atoms. The molecule has 1 amide bonds. The number of carbonyl (C=O) groups is 1. The van der Waals surface area contributed by atoms with Crippen molar-refractivity contribution in [3.63, 3.8) is 0 Å². The molecule has 1 heterocycles. The molecule has 0 saturated heterocycles. The summed E-state index contributed by atoms with van der Waals surface area (Å²) >= 11 is 6.03. The number of aromatic nitrogens is 1. The standard InChI is InChI=1S/C18H24ClN3O2.ClH/c1-4-21(5-2)10-9-20-18(24)15-12-22(6-3)16-11-13(19)7-8-14(16)17(15)23;/h7-8,11-12H,4-6,9-10H2,1-3H3,(H,20,24);1H. The highest BCUT2D eigenvalue weighted by Gasteiger charge is 2.15. The molecule has 25 heavy (non-hydrogen) atoms. The molecule has 0 bridgehead atoms. The number of carbonyl (C=O) groups excluding carboxylic acids is 1. The number of amides is 1. The number of pyridine rings is 1. The molecule has 0 radical (unpaired) electrons. The topological polar surface area (TPSA) is 54.3 Å². The number of likely N-dealkylation sites (N-methyl/N-ethyl adjacent to an activating group) is 1. The first-order valence-corrected chi connectivity index (χ1v) is 8.72. The quantitative estimate of drug-likeness (QED) is 0.795. The van der Waals surface area contributed by atoms with Crippen molar-refractivity contribution in [2.75, 3.05) is 26.2 Å². The fourth-order valence-electron chi connectivity index (χ4n) is 2.75. The Morgan fingerprint density at radius 3 is 2.52 bits per heavy atom. The van der Waals surface area contributed by atoms with Gasteiger partial charge in [-0.2, -0.15) is 0 Å². The summed E-state index contributed by atoms with van der Waals surface area (Å²) in [5, 5.41) is 3.93. The Hall–Kier alpha value is -1.56. The lowest BCUT2D eigenvalue weighted by molar-refractivity contribution is 0.0947. The fourth-order valence-corrected chi connectivity index (χ4v) is 2.92. The number of rotatable bonds is 7. The Bertz CT molecular complexity index is 786. The van der Waals surface area contributed by atoms with E-state index in [0.717, 1.165) is 25.2 Å². The van der Waals surface area contributed by atoms with Crippen LogP contribution < -0.4 is 10.7 Å². The van der Waals surface area contributed by atoms with Gasteiger partial charge in [-0.25, -0.2) is 0 Å². The summed E-state index contributed by atoms with van der Waals surface area (Å²) in [5.74, 6) is -0.328. The van der Waals surface area contributed by atoms with Gasteiger partial charge in [-0.1, -0.05) is 25.4 Å². The predicted molar refractivity (Wildman–Crippen MR) is 106 cm³/mol. The molecule has 0 fully saturated rings. The second-order valence-electron chi connectivity index (χ2n) is 5.60. The van der Waals surface area contributed by atoms with Gasteiger partial charge in [0.1, 0.15) is 5.56 Å². The van der Waals surface area contributed by atoms with Crippen LogP contribution in [0.2, 0.25) is 5.02 Å². The van der Waals surface area contributed by atoms with Crippen molar-refractivity contribution in [2.24, 2.45) is 0 Å². The Balaban J connectivity index is 0.00000312. The van der Waals surface area contributed by atoms with Crippen LogP contribution in [0.3, 0.4) is 0 Å². The lowest BCUT2D eigenvalue weighted by Gasteiger charge is -2.18. The van der Waals surface area contributed by atoms with Crippen molar-refractivity contribution in [2.45, 2.75) is 27.3 Å². The Morgan fingerprint density at radius 2 is 1.92 bits per heavy atom. The maximum atomic E-state index is 12.6. The zero-order valence-electron chi connectivity index (χ0n) is 14.8. The largest absolute Gasteiger partial charge is 0.351 e. The van der Waals surface area contributed by atoms with Gasteiger partial charge in [0.15, 0.2) is 0 Å². The van der Waals surface area contributed by atoms with E-state index < -0.39 is 0 Å². The maximum Gasteiger partial charge on any atom is 0.256 e. The molecule has 0 aliphatic heterocycles. The fraction of sp³-hybridized carbons (Fsp3) is 0.444. The summed E-state index contributed by atoms with van der Waals surface area (Å²) in [6, 6.07) is 5.11. The van der Waals surface area contributed by atoms with E-state index in [9.17, 15) is 9.59 Å². The average Bonchev–Trinajstić information content (AvgIpc) is 2.58. The lowest BCUT2D eigenvalue weighted by Crippen LogP contribution is -2.36. The second kappa shape index (κ2) is 9.80. The van der Waals surface area contributed by atoms with Crippen molar-refractivity contribution in [3.8, 4) is 0 Å². The molecule has 7 heteroatoms. The van der Waals surface area contributed by atoms with E-state index >= 15 is 0 Å². The van der Waals surface area contributed by atoms with Crippen LogP contribution in [0.4, 0.5) is 0 Å². The van der Waals surface area contributed by atoms with Crippen LogP contribution in [0.15, 0.2) is 29.2 Å². The van der Waals surface area contributed by atoms with Gasteiger partial charge in [0, 0.05) is 36.2 Å². The molecular weight excluding hydrogens is 361 g/mol. The monoisotopic (exact) mass is 385 g/mol. The summed E-state index contributed by atoms with van der Waals surface area (Å²) in [5.41, 5.74) is 0.660. The van der Waals surface area contributed by atoms with E-state index in [4.69, 9.17) is 11.6 Å². The van der Waals surface area contributed by atoms with Crippen molar-refractivity contribution < 1.29 is 4.79 Å². The highest BCUT2D eigenvalue weighted by atomic mass is 35.5. The van der Waals surface area contributed by atoms with E-state index in [2.05, 4.69) is 24.1 Å². The number of benzene rings is 1. The zero-order chi connectivity index (χ0) is 17.7. The minimum absolute atomic E-state index is 0. The highest BCUT2D eigenvalue weighted by molar-refractivity contribution is 6.31. The summed E-state index contributed by atoms with van der Waals surface area (Å²) in [6.45, 7) is 9.94. The van der Waals surface area contributed by atoms with Crippen LogP contribution in [-0.4, -0.2) is 41.6 Å². The van der Waals surface area contributed by atoms with Gasteiger partial charge in [-0.05, 0) is 38.2 Å². The number of hydrogen-bond acceptors (Lipinski definition) is 3. The lowest BCUT2D eigenvalue weighted by atomic mass is 10.1. The van der Waals surface area contributed by atoms with Crippen LogP contribution in [0.1, 0.15) is 31.1 Å². The number of nitrogens with one attached hydrogen (secondary N) is 1. The molecule has 1 aromatic heterocycles. The van der Waals surface area contributed by atoms with Crippen LogP contribution in [0, 0.1) is 0 Å². The van der Waals surface area contributed by atoms with Crippen molar-refractivity contribution >= 4 is 40.8 Å². The van der Waals surface area contributed by atoms with Crippen molar-refractivity contribution in [3.05, 3.63) is 45.2 Å².